The molecule has 0 amide bonds. The van der Waals surface area contributed by atoms with Crippen LogP contribution in [0.15, 0.2) is 17.2 Å². The Balaban J connectivity index is 1.88. The first kappa shape index (κ1) is 12.7. The summed E-state index contributed by atoms with van der Waals surface area (Å²) in [5.74, 6) is 0.920. The molecule has 3 rings (SSSR count). The topological polar surface area (TPSA) is 66.3 Å². The van der Waals surface area contributed by atoms with Crippen molar-refractivity contribution in [2.24, 2.45) is 0 Å². The second kappa shape index (κ2) is 5.32. The Hall–Kier alpha value is -1.37. The molecule has 1 atom stereocenters. The van der Waals surface area contributed by atoms with E-state index < -0.39 is 0 Å². The lowest BCUT2D eigenvalue weighted by Crippen LogP contribution is -2.30. The quantitative estimate of drug-likeness (QED) is 0.866. The van der Waals surface area contributed by atoms with Crippen molar-refractivity contribution in [3.05, 3.63) is 22.9 Å². The molecule has 2 aromatic rings. The zero-order valence-electron chi connectivity index (χ0n) is 10.5. The van der Waals surface area contributed by atoms with Crippen molar-refractivity contribution in [1.29, 1.82) is 0 Å². The van der Waals surface area contributed by atoms with E-state index in [-0.39, 0.29) is 5.69 Å². The van der Waals surface area contributed by atoms with Crippen LogP contribution in [-0.2, 0) is 0 Å². The average molecular weight is 326 g/mol. The zero-order chi connectivity index (χ0) is 13.2. The highest BCUT2D eigenvalue weighted by Gasteiger charge is 2.25. The van der Waals surface area contributed by atoms with E-state index in [1.807, 2.05) is 6.07 Å². The van der Waals surface area contributed by atoms with E-state index in [9.17, 15) is 4.79 Å². The maximum Gasteiger partial charge on any atom is 0.348 e. The maximum absolute atomic E-state index is 11.4. The van der Waals surface area contributed by atoms with E-state index in [0.29, 0.717) is 11.7 Å². The maximum atomic E-state index is 11.4. The molecular weight excluding hydrogens is 310 g/mol. The first-order valence-electron chi connectivity index (χ1n) is 6.55. The van der Waals surface area contributed by atoms with E-state index in [2.05, 4.69) is 36.0 Å². The standard InChI is InChI=1S/C12H16BrN5O/c13-5-1-3-9-4-2-6-17(9)10-7-11-15-16-12(19)18(11)8-14-10/h7-9H,1-6H2,(H,16,19). The van der Waals surface area contributed by atoms with Crippen molar-refractivity contribution in [2.75, 3.05) is 16.8 Å². The number of hydrogen-bond donors (Lipinski definition) is 1. The van der Waals surface area contributed by atoms with Crippen LogP contribution in [0.2, 0.25) is 0 Å². The highest BCUT2D eigenvalue weighted by molar-refractivity contribution is 9.09. The summed E-state index contributed by atoms with van der Waals surface area (Å²) in [5.41, 5.74) is 0.382. The number of nitrogens with one attached hydrogen (secondary N) is 1. The van der Waals surface area contributed by atoms with Crippen molar-refractivity contribution < 1.29 is 0 Å². The second-order valence-electron chi connectivity index (χ2n) is 4.82. The van der Waals surface area contributed by atoms with Gasteiger partial charge >= 0.3 is 5.69 Å². The molecule has 0 saturated carbocycles. The lowest BCUT2D eigenvalue weighted by molar-refractivity contribution is 0.600. The van der Waals surface area contributed by atoms with Gasteiger partial charge in [-0.25, -0.2) is 19.3 Å². The fourth-order valence-electron chi connectivity index (χ4n) is 2.71. The van der Waals surface area contributed by atoms with Gasteiger partial charge in [-0.15, -0.1) is 0 Å². The number of H-pyrrole nitrogens is 1. The van der Waals surface area contributed by atoms with Crippen LogP contribution in [-0.4, -0.2) is 37.5 Å². The van der Waals surface area contributed by atoms with E-state index in [0.717, 1.165) is 17.7 Å². The van der Waals surface area contributed by atoms with Crippen LogP contribution in [0.4, 0.5) is 5.82 Å². The summed E-state index contributed by atoms with van der Waals surface area (Å²) in [6.45, 7) is 1.03. The number of aromatic amines is 1. The Labute approximate surface area is 119 Å². The van der Waals surface area contributed by atoms with Crippen molar-refractivity contribution in [2.45, 2.75) is 31.7 Å². The molecule has 19 heavy (non-hydrogen) atoms. The molecule has 1 unspecified atom stereocenters. The second-order valence-corrected chi connectivity index (χ2v) is 5.62. The first-order chi connectivity index (χ1) is 9.29. The van der Waals surface area contributed by atoms with Crippen molar-refractivity contribution >= 4 is 27.4 Å². The molecule has 7 heteroatoms. The Morgan fingerprint density at radius 2 is 2.42 bits per heavy atom. The summed E-state index contributed by atoms with van der Waals surface area (Å²) in [7, 11) is 0. The Kier molecular flexibility index (Phi) is 3.54. The lowest BCUT2D eigenvalue weighted by atomic mass is 10.1. The molecule has 1 fully saturated rings. The minimum atomic E-state index is -0.244. The molecule has 0 aliphatic carbocycles. The number of aromatic nitrogens is 4. The molecule has 0 bridgehead atoms. The Morgan fingerprint density at radius 1 is 1.53 bits per heavy atom. The van der Waals surface area contributed by atoms with Crippen molar-refractivity contribution in [1.82, 2.24) is 19.6 Å². The molecule has 0 aromatic carbocycles. The number of rotatable bonds is 4. The van der Waals surface area contributed by atoms with E-state index in [4.69, 9.17) is 0 Å². The van der Waals surface area contributed by atoms with Crippen LogP contribution in [0.5, 0.6) is 0 Å². The van der Waals surface area contributed by atoms with E-state index >= 15 is 0 Å². The van der Waals surface area contributed by atoms with Crippen LogP contribution in [0.25, 0.3) is 5.65 Å². The molecule has 0 radical (unpaired) electrons. The molecule has 1 N–H and O–H groups in total. The first-order valence-corrected chi connectivity index (χ1v) is 7.67. The monoisotopic (exact) mass is 325 g/mol. The Morgan fingerprint density at radius 3 is 3.26 bits per heavy atom. The van der Waals surface area contributed by atoms with Gasteiger partial charge < -0.3 is 4.90 Å². The third-order valence-corrected chi connectivity index (χ3v) is 4.20. The van der Waals surface area contributed by atoms with Gasteiger partial charge in [0, 0.05) is 24.0 Å². The molecule has 2 aromatic heterocycles. The third kappa shape index (κ3) is 2.39. The third-order valence-electron chi connectivity index (χ3n) is 3.64. The zero-order valence-corrected chi connectivity index (χ0v) is 12.1. The van der Waals surface area contributed by atoms with Crippen LogP contribution in [0, 0.1) is 0 Å². The summed E-state index contributed by atoms with van der Waals surface area (Å²) in [6.07, 6.45) is 6.31. The minimum absolute atomic E-state index is 0.244. The molecule has 1 saturated heterocycles. The van der Waals surface area contributed by atoms with Crippen molar-refractivity contribution in [3.8, 4) is 0 Å². The van der Waals surface area contributed by atoms with Gasteiger partial charge in [0.05, 0.1) is 0 Å². The highest BCUT2D eigenvalue weighted by Crippen LogP contribution is 2.26. The normalized spacial score (nSPS) is 19.4. The fourth-order valence-corrected chi connectivity index (χ4v) is 3.03. The molecule has 0 spiro atoms. The number of alkyl halides is 1. The minimum Gasteiger partial charge on any atom is -0.353 e. The summed E-state index contributed by atoms with van der Waals surface area (Å²) in [6, 6.07) is 2.43. The molecular formula is C12H16BrN5O. The fraction of sp³-hybridized carbons (Fsp3) is 0.583. The van der Waals surface area contributed by atoms with E-state index in [1.54, 1.807) is 6.33 Å². The van der Waals surface area contributed by atoms with Gasteiger partial charge in [-0.2, -0.15) is 5.10 Å². The largest absolute Gasteiger partial charge is 0.353 e. The summed E-state index contributed by atoms with van der Waals surface area (Å²) in [5, 5.41) is 7.46. The lowest BCUT2D eigenvalue weighted by Gasteiger charge is -2.25. The molecule has 102 valence electrons. The number of halogens is 1. The summed E-state index contributed by atoms with van der Waals surface area (Å²) in [4.78, 5) is 18.1. The van der Waals surface area contributed by atoms with Crippen LogP contribution in [0.1, 0.15) is 25.7 Å². The number of fused-ring (bicyclic) bond motifs is 1. The molecule has 3 heterocycles. The van der Waals surface area contributed by atoms with E-state index in [1.165, 1.54) is 30.1 Å². The smallest absolute Gasteiger partial charge is 0.348 e. The van der Waals surface area contributed by atoms with Crippen molar-refractivity contribution in [3.63, 3.8) is 0 Å². The summed E-state index contributed by atoms with van der Waals surface area (Å²) >= 11 is 3.48. The molecule has 1 aliphatic heterocycles. The van der Waals surface area contributed by atoms with Gasteiger partial charge in [-0.05, 0) is 25.7 Å². The van der Waals surface area contributed by atoms with Gasteiger partial charge in [-0.1, -0.05) is 15.9 Å². The Bertz CT molecular complexity index is 622. The van der Waals surface area contributed by atoms with Crippen LogP contribution in [0.3, 0.4) is 0 Å². The number of nitrogens with zero attached hydrogens (tertiary/aromatic N) is 4. The predicted octanol–water partition coefficient (Wildman–Crippen LogP) is 1.56. The average Bonchev–Trinajstić information content (AvgIpc) is 3.03. The van der Waals surface area contributed by atoms with Crippen LogP contribution < -0.4 is 10.6 Å². The number of anilines is 1. The van der Waals surface area contributed by atoms with Gasteiger partial charge in [0.2, 0.25) is 0 Å². The number of hydrogen-bond acceptors (Lipinski definition) is 4. The van der Waals surface area contributed by atoms with Gasteiger partial charge in [0.25, 0.3) is 0 Å². The predicted molar refractivity (Wildman–Crippen MR) is 77.0 cm³/mol. The van der Waals surface area contributed by atoms with Gasteiger partial charge in [0.1, 0.15) is 12.1 Å². The SMILES string of the molecule is O=c1[nH]nc2cc(N3CCCC3CCCBr)ncn12. The van der Waals surface area contributed by atoms with Crippen LogP contribution >= 0.6 is 15.9 Å². The summed E-state index contributed by atoms with van der Waals surface area (Å²) < 4.78 is 1.42. The molecule has 6 nitrogen and oxygen atoms in total. The van der Waals surface area contributed by atoms with Gasteiger partial charge in [0.15, 0.2) is 5.65 Å². The van der Waals surface area contributed by atoms with Gasteiger partial charge in [-0.3, -0.25) is 0 Å². The highest BCUT2D eigenvalue weighted by atomic mass is 79.9. The molecule has 1 aliphatic rings.